The Balaban J connectivity index is 1.55. The highest BCUT2D eigenvalue weighted by atomic mass is 32.2. The highest BCUT2D eigenvalue weighted by molar-refractivity contribution is 7.99. The Kier molecular flexibility index (Phi) is 7.76. The monoisotopic (exact) mass is 493 g/mol. The van der Waals surface area contributed by atoms with E-state index < -0.39 is 0 Å². The number of ketones is 1. The van der Waals surface area contributed by atoms with Crippen LogP contribution in [0.5, 0.6) is 0 Å². The minimum absolute atomic E-state index is 0.164. The first kappa shape index (κ1) is 25.2. The number of nitrogens with one attached hydrogen (secondary N) is 2. The number of carbonyl (C=O) groups is 1. The largest absolute Gasteiger partial charge is 0.354 e. The molecule has 1 aliphatic rings. The number of carbonyl (C=O) groups excluding carboxylic acids is 1. The lowest BCUT2D eigenvalue weighted by atomic mass is 10.1. The van der Waals surface area contributed by atoms with Crippen LogP contribution in [0.15, 0.2) is 46.5 Å². The molecule has 0 atom stereocenters. The maximum atomic E-state index is 11.8. The van der Waals surface area contributed by atoms with Crippen molar-refractivity contribution >= 4 is 35.0 Å². The van der Waals surface area contributed by atoms with Crippen molar-refractivity contribution in [3.8, 4) is 0 Å². The van der Waals surface area contributed by atoms with Crippen molar-refractivity contribution in [3.63, 3.8) is 0 Å². The number of H-pyrrole nitrogens is 1. The van der Waals surface area contributed by atoms with E-state index in [1.807, 2.05) is 50.2 Å². The number of aryl methyl sites for hydroxylation is 1. The van der Waals surface area contributed by atoms with Gasteiger partial charge >= 0.3 is 0 Å². The van der Waals surface area contributed by atoms with Crippen LogP contribution in [0.2, 0.25) is 0 Å². The Morgan fingerprint density at radius 3 is 2.37 bits per heavy atom. The van der Waals surface area contributed by atoms with Gasteiger partial charge in [0.15, 0.2) is 11.0 Å². The summed E-state index contributed by atoms with van der Waals surface area (Å²) in [5, 5.41) is 11.2. The van der Waals surface area contributed by atoms with Crippen molar-refractivity contribution in [3.05, 3.63) is 47.7 Å². The molecular weight excluding hydrogens is 458 g/mol. The third-order valence-corrected chi connectivity index (χ3v) is 7.01. The molecule has 3 heterocycles. The summed E-state index contributed by atoms with van der Waals surface area (Å²) in [7, 11) is 0. The summed E-state index contributed by atoms with van der Waals surface area (Å²) >= 11 is 1.52. The summed E-state index contributed by atoms with van der Waals surface area (Å²) < 4.78 is 0. The molecule has 0 radical (unpaired) electrons. The Morgan fingerprint density at radius 2 is 1.77 bits per heavy atom. The molecule has 35 heavy (non-hydrogen) atoms. The Labute approximate surface area is 211 Å². The van der Waals surface area contributed by atoms with Crippen molar-refractivity contribution in [2.24, 2.45) is 0 Å². The van der Waals surface area contributed by atoms with Gasteiger partial charge < -0.3 is 10.2 Å². The molecule has 8 nitrogen and oxygen atoms in total. The van der Waals surface area contributed by atoms with Gasteiger partial charge in [0.05, 0.1) is 0 Å². The average molecular weight is 494 g/mol. The van der Waals surface area contributed by atoms with E-state index in [2.05, 4.69) is 46.1 Å². The average Bonchev–Trinajstić information content (AvgIpc) is 3.24. The molecule has 0 saturated carbocycles. The highest BCUT2D eigenvalue weighted by Crippen LogP contribution is 2.30. The molecule has 186 valence electrons. The van der Waals surface area contributed by atoms with E-state index in [-0.39, 0.29) is 11.3 Å². The maximum absolute atomic E-state index is 11.8. The van der Waals surface area contributed by atoms with Crippen LogP contribution in [-0.4, -0.2) is 62.6 Å². The lowest BCUT2D eigenvalue weighted by Gasteiger charge is -2.42. The first-order valence-corrected chi connectivity index (χ1v) is 13.0. The minimum atomic E-state index is 0.164. The molecule has 4 rings (SSSR count). The second-order valence-electron chi connectivity index (χ2n) is 9.92. The summed E-state index contributed by atoms with van der Waals surface area (Å²) in [6, 6.07) is 12.0. The van der Waals surface area contributed by atoms with Crippen LogP contribution in [0.25, 0.3) is 0 Å². The van der Waals surface area contributed by atoms with Crippen LogP contribution in [0, 0.1) is 6.92 Å². The summed E-state index contributed by atoms with van der Waals surface area (Å²) in [4.78, 5) is 27.3. The number of hydrogen-bond acceptors (Lipinski definition) is 8. The fourth-order valence-corrected chi connectivity index (χ4v) is 4.80. The van der Waals surface area contributed by atoms with Crippen molar-refractivity contribution in [1.82, 2.24) is 25.1 Å². The number of nitrogens with zero attached hydrogens (tertiary/aromatic N) is 5. The van der Waals surface area contributed by atoms with Crippen molar-refractivity contribution in [2.45, 2.75) is 63.1 Å². The first-order chi connectivity index (χ1) is 16.7. The van der Waals surface area contributed by atoms with Crippen LogP contribution in [0.3, 0.4) is 0 Å². The quantitative estimate of drug-likeness (QED) is 0.431. The molecule has 0 aliphatic carbocycles. The highest BCUT2D eigenvalue weighted by Gasteiger charge is 2.27. The zero-order chi connectivity index (χ0) is 25.0. The van der Waals surface area contributed by atoms with Crippen LogP contribution in [0.4, 0.5) is 17.5 Å². The van der Waals surface area contributed by atoms with Gasteiger partial charge in [-0.3, -0.25) is 14.8 Å². The number of benzene rings is 1. The molecule has 1 aliphatic heterocycles. The molecule has 0 bridgehead atoms. The normalized spacial score (nSPS) is 14.8. The summed E-state index contributed by atoms with van der Waals surface area (Å²) in [5.41, 5.74) is 2.18. The molecule has 2 N–H and O–H groups in total. The topological polar surface area (TPSA) is 90.0 Å². The molecule has 1 fully saturated rings. The molecule has 0 unspecified atom stereocenters. The minimum Gasteiger partial charge on any atom is -0.354 e. The molecule has 9 heteroatoms. The van der Waals surface area contributed by atoms with Crippen LogP contribution in [0.1, 0.15) is 45.4 Å². The van der Waals surface area contributed by atoms with Gasteiger partial charge in [0.1, 0.15) is 17.4 Å². The number of anilines is 3. The van der Waals surface area contributed by atoms with Gasteiger partial charge in [0, 0.05) is 67.3 Å². The molecule has 2 aromatic heterocycles. The maximum Gasteiger partial charge on any atom is 0.196 e. The van der Waals surface area contributed by atoms with Gasteiger partial charge in [-0.25, -0.2) is 9.97 Å². The van der Waals surface area contributed by atoms with Gasteiger partial charge in [-0.1, -0.05) is 19.1 Å². The van der Waals surface area contributed by atoms with Crippen LogP contribution < -0.4 is 10.2 Å². The number of rotatable bonds is 8. The zero-order valence-corrected chi connectivity index (χ0v) is 22.1. The van der Waals surface area contributed by atoms with Gasteiger partial charge in [-0.15, -0.1) is 0 Å². The van der Waals surface area contributed by atoms with E-state index in [1.54, 1.807) is 0 Å². The third-order valence-electron chi connectivity index (χ3n) is 6.13. The SMILES string of the molecule is CCC(=O)Cc1ccc(Sc2nc(Nc3cc(C)[nH]n3)cc(N3CCN(C(C)(C)C)CC3)n2)cc1. The van der Waals surface area contributed by atoms with Crippen LogP contribution >= 0.6 is 11.8 Å². The predicted molar refractivity (Wildman–Crippen MR) is 142 cm³/mol. The number of piperazine rings is 1. The van der Waals surface area contributed by atoms with Gasteiger partial charge in [-0.05, 0) is 57.2 Å². The molecule has 3 aromatic rings. The standard InChI is InChI=1S/C26H35N7OS/c1-6-20(34)16-19-7-9-21(10-8-19)35-25-28-22(27-23-15-18(2)30-31-23)17-24(29-25)32-11-13-33(14-12-32)26(3,4)5/h7-10,15,17H,6,11-14,16H2,1-5H3,(H2,27,28,29,30,31). The number of aromatic nitrogens is 4. The van der Waals surface area contributed by atoms with E-state index in [4.69, 9.17) is 9.97 Å². The van der Waals surface area contributed by atoms with E-state index in [0.29, 0.717) is 23.8 Å². The third kappa shape index (κ3) is 6.82. The Morgan fingerprint density at radius 1 is 1.06 bits per heavy atom. The number of hydrogen-bond donors (Lipinski definition) is 2. The lowest BCUT2D eigenvalue weighted by molar-refractivity contribution is -0.118. The summed E-state index contributed by atoms with van der Waals surface area (Å²) in [6.45, 7) is 14.5. The van der Waals surface area contributed by atoms with Crippen molar-refractivity contribution in [2.75, 3.05) is 36.4 Å². The molecule has 0 spiro atoms. The second-order valence-corrected chi connectivity index (χ2v) is 11.0. The number of aromatic amines is 1. The lowest BCUT2D eigenvalue weighted by Crippen LogP contribution is -2.53. The molecule has 1 saturated heterocycles. The smallest absolute Gasteiger partial charge is 0.196 e. The van der Waals surface area contributed by atoms with Crippen LogP contribution in [-0.2, 0) is 11.2 Å². The summed E-state index contributed by atoms with van der Waals surface area (Å²) in [6.07, 6.45) is 1.04. The van der Waals surface area contributed by atoms with E-state index in [1.165, 1.54) is 11.8 Å². The molecule has 1 aromatic carbocycles. The van der Waals surface area contributed by atoms with E-state index >= 15 is 0 Å². The van der Waals surface area contributed by atoms with Crippen molar-refractivity contribution in [1.29, 1.82) is 0 Å². The fraction of sp³-hybridized carbons (Fsp3) is 0.462. The van der Waals surface area contributed by atoms with Crippen molar-refractivity contribution < 1.29 is 4.79 Å². The molecular formula is C26H35N7OS. The Bertz CT molecular complexity index is 1150. The van der Waals surface area contributed by atoms with Gasteiger partial charge in [0.2, 0.25) is 0 Å². The fourth-order valence-electron chi connectivity index (χ4n) is 4.04. The Hall–Kier alpha value is -2.91. The van der Waals surface area contributed by atoms with E-state index in [0.717, 1.165) is 54.0 Å². The molecule has 0 amide bonds. The van der Waals surface area contributed by atoms with E-state index in [9.17, 15) is 4.79 Å². The second kappa shape index (κ2) is 10.8. The zero-order valence-electron chi connectivity index (χ0n) is 21.3. The number of Topliss-reactive ketones (excluding diaryl/α,β-unsaturated/α-hetero) is 1. The van der Waals surface area contributed by atoms with Gasteiger partial charge in [0.25, 0.3) is 0 Å². The predicted octanol–water partition coefficient (Wildman–Crippen LogP) is 4.85. The summed E-state index contributed by atoms with van der Waals surface area (Å²) in [5.74, 6) is 2.60. The first-order valence-electron chi connectivity index (χ1n) is 12.2. The van der Waals surface area contributed by atoms with Gasteiger partial charge in [-0.2, -0.15) is 5.10 Å².